The lowest BCUT2D eigenvalue weighted by Crippen LogP contribution is -1.91. The largest absolute Gasteiger partial charge is 0.282 e. The first-order valence-electron chi connectivity index (χ1n) is 5.37. The Morgan fingerprint density at radius 3 is 2.84 bits per heavy atom. The molecule has 1 N–H and O–H groups in total. The summed E-state index contributed by atoms with van der Waals surface area (Å²) < 4.78 is 2.32. The van der Waals surface area contributed by atoms with Crippen LogP contribution >= 0.6 is 22.6 Å². The minimum absolute atomic E-state index is 0.0505. The Labute approximate surface area is 120 Å². The third kappa shape index (κ3) is 1.97. The highest BCUT2D eigenvalue weighted by Gasteiger charge is 2.19. The van der Waals surface area contributed by atoms with Crippen molar-refractivity contribution in [1.29, 1.82) is 0 Å². The quantitative estimate of drug-likeness (QED) is 0.427. The fraction of sp³-hybridized carbons (Fsp3) is 0.0909. The number of fused-ring (bicyclic) bond motifs is 1. The number of nitro benzene ring substituents is 1. The lowest BCUT2D eigenvalue weighted by Gasteiger charge is -1.99. The maximum absolute atomic E-state index is 11.2. The first-order chi connectivity index (χ1) is 9.06. The van der Waals surface area contributed by atoms with Crippen LogP contribution in [0.25, 0.3) is 22.0 Å². The fourth-order valence-electron chi connectivity index (χ4n) is 1.97. The topological polar surface area (TPSA) is 89.6 Å². The molecule has 0 saturated carbocycles. The van der Waals surface area contributed by atoms with Gasteiger partial charge in [-0.3, -0.25) is 19.9 Å². The van der Waals surface area contributed by atoms with E-state index in [4.69, 9.17) is 0 Å². The molecule has 19 heavy (non-hydrogen) atoms. The molecular weight excluding hydrogens is 361 g/mol. The molecule has 0 aliphatic carbocycles. The Kier molecular flexibility index (Phi) is 2.73. The van der Waals surface area contributed by atoms with Crippen LogP contribution in [0.5, 0.6) is 0 Å². The summed E-state index contributed by atoms with van der Waals surface area (Å²) in [6.45, 7) is 0. The second kappa shape index (κ2) is 4.30. The van der Waals surface area contributed by atoms with E-state index in [1.165, 1.54) is 0 Å². The van der Waals surface area contributed by atoms with E-state index < -0.39 is 0 Å². The highest BCUT2D eigenvalue weighted by molar-refractivity contribution is 14.1. The average Bonchev–Trinajstić information content (AvgIpc) is 2.95. The van der Waals surface area contributed by atoms with Crippen LogP contribution < -0.4 is 0 Å². The van der Waals surface area contributed by atoms with E-state index >= 15 is 0 Å². The van der Waals surface area contributed by atoms with Crippen molar-refractivity contribution in [2.75, 3.05) is 0 Å². The van der Waals surface area contributed by atoms with Gasteiger partial charge in [0.15, 0.2) is 0 Å². The van der Waals surface area contributed by atoms with Gasteiger partial charge in [-0.25, -0.2) is 0 Å². The number of aromatic amines is 1. The number of H-pyrrole nitrogens is 1. The van der Waals surface area contributed by atoms with Gasteiger partial charge >= 0.3 is 0 Å². The molecule has 2 heterocycles. The molecule has 0 saturated heterocycles. The number of hydrogen-bond donors (Lipinski definition) is 1. The second-order valence-corrected chi connectivity index (χ2v) is 5.17. The minimum Gasteiger partial charge on any atom is -0.275 e. The van der Waals surface area contributed by atoms with Crippen LogP contribution in [-0.4, -0.2) is 24.9 Å². The summed E-state index contributed by atoms with van der Waals surface area (Å²) in [5.41, 5.74) is 2.19. The lowest BCUT2D eigenvalue weighted by atomic mass is 10.1. The Hall–Kier alpha value is -1.97. The van der Waals surface area contributed by atoms with Crippen molar-refractivity contribution in [3.8, 4) is 11.1 Å². The van der Waals surface area contributed by atoms with Crippen molar-refractivity contribution >= 4 is 39.2 Å². The predicted molar refractivity (Wildman–Crippen MR) is 77.7 cm³/mol. The number of aromatic nitrogens is 4. The molecule has 3 aromatic rings. The van der Waals surface area contributed by atoms with Gasteiger partial charge in [-0.15, -0.1) is 0 Å². The Morgan fingerprint density at radius 2 is 2.21 bits per heavy atom. The summed E-state index contributed by atoms with van der Waals surface area (Å²) >= 11 is 2.00. The molecule has 0 aliphatic rings. The SMILES string of the molecule is Cn1cc(-c2cc([N+](=O)[O-])c3c(I)[nH]nc3c2)cn1. The maximum Gasteiger partial charge on any atom is 0.282 e. The van der Waals surface area contributed by atoms with Crippen LogP contribution in [0.2, 0.25) is 0 Å². The van der Waals surface area contributed by atoms with E-state index in [2.05, 4.69) is 15.3 Å². The number of rotatable bonds is 2. The zero-order valence-electron chi connectivity index (χ0n) is 9.79. The van der Waals surface area contributed by atoms with E-state index in [0.717, 1.165) is 11.1 Å². The molecular formula is C11H8IN5O2. The minimum atomic E-state index is -0.389. The van der Waals surface area contributed by atoms with Crippen molar-refractivity contribution in [1.82, 2.24) is 20.0 Å². The van der Waals surface area contributed by atoms with Gasteiger partial charge in [0.25, 0.3) is 5.69 Å². The number of nitro groups is 1. The van der Waals surface area contributed by atoms with Gasteiger partial charge in [0.05, 0.1) is 11.1 Å². The van der Waals surface area contributed by atoms with Gasteiger partial charge in [0.1, 0.15) is 14.6 Å². The van der Waals surface area contributed by atoms with E-state index in [1.54, 1.807) is 24.0 Å². The summed E-state index contributed by atoms with van der Waals surface area (Å²) in [5.74, 6) is 0. The first-order valence-corrected chi connectivity index (χ1v) is 6.45. The molecule has 0 amide bonds. The van der Waals surface area contributed by atoms with Crippen molar-refractivity contribution in [2.24, 2.45) is 7.05 Å². The molecule has 3 rings (SSSR count). The molecule has 1 aromatic carbocycles. The van der Waals surface area contributed by atoms with Crippen molar-refractivity contribution < 1.29 is 4.92 Å². The van der Waals surface area contributed by atoms with Gasteiger partial charge in [-0.1, -0.05) is 0 Å². The third-order valence-electron chi connectivity index (χ3n) is 2.83. The van der Waals surface area contributed by atoms with Crippen LogP contribution in [0.1, 0.15) is 0 Å². The number of nitrogens with one attached hydrogen (secondary N) is 1. The monoisotopic (exact) mass is 369 g/mol. The van der Waals surface area contributed by atoms with E-state index in [0.29, 0.717) is 14.6 Å². The number of hydrogen-bond acceptors (Lipinski definition) is 4. The van der Waals surface area contributed by atoms with Crippen molar-refractivity contribution in [3.05, 3.63) is 38.3 Å². The molecule has 0 fully saturated rings. The molecule has 0 aliphatic heterocycles. The van der Waals surface area contributed by atoms with E-state index in [9.17, 15) is 10.1 Å². The Morgan fingerprint density at radius 1 is 1.42 bits per heavy atom. The summed E-state index contributed by atoms with van der Waals surface area (Å²) in [6.07, 6.45) is 3.48. The van der Waals surface area contributed by atoms with Crippen LogP contribution in [0, 0.1) is 13.8 Å². The van der Waals surface area contributed by atoms with Crippen molar-refractivity contribution in [2.45, 2.75) is 0 Å². The van der Waals surface area contributed by atoms with E-state index in [-0.39, 0.29) is 10.6 Å². The zero-order valence-corrected chi connectivity index (χ0v) is 12.0. The predicted octanol–water partition coefficient (Wildman–Crippen LogP) is 2.48. The standard InChI is InChI=1S/C11H8IN5O2/c1-16-5-7(4-13-16)6-2-8-10(11(12)15-14-8)9(3-6)17(18)19/h2-5H,1H3,(H,14,15). The highest BCUT2D eigenvalue weighted by atomic mass is 127. The van der Waals surface area contributed by atoms with Gasteiger partial charge in [0, 0.05) is 24.9 Å². The normalized spacial score (nSPS) is 11.1. The van der Waals surface area contributed by atoms with Gasteiger partial charge in [0.2, 0.25) is 0 Å². The summed E-state index contributed by atoms with van der Waals surface area (Å²) in [5, 5.41) is 22.7. The molecule has 96 valence electrons. The fourth-order valence-corrected chi connectivity index (χ4v) is 2.64. The van der Waals surface area contributed by atoms with Crippen LogP contribution in [0.3, 0.4) is 0 Å². The number of benzene rings is 1. The zero-order chi connectivity index (χ0) is 13.6. The van der Waals surface area contributed by atoms with Crippen LogP contribution in [0.15, 0.2) is 24.5 Å². The Balaban J connectivity index is 2.31. The molecule has 0 unspecified atom stereocenters. The van der Waals surface area contributed by atoms with Gasteiger partial charge in [-0.05, 0) is 34.2 Å². The van der Waals surface area contributed by atoms with E-state index in [1.807, 2.05) is 34.9 Å². The number of halogens is 1. The van der Waals surface area contributed by atoms with Gasteiger partial charge in [-0.2, -0.15) is 10.2 Å². The molecule has 0 radical (unpaired) electrons. The lowest BCUT2D eigenvalue weighted by molar-refractivity contribution is -0.383. The molecule has 0 bridgehead atoms. The molecule has 8 heteroatoms. The smallest absolute Gasteiger partial charge is 0.275 e. The highest BCUT2D eigenvalue weighted by Crippen LogP contribution is 2.33. The Bertz CT molecular complexity index is 792. The van der Waals surface area contributed by atoms with Gasteiger partial charge < -0.3 is 0 Å². The molecule has 2 aromatic heterocycles. The maximum atomic E-state index is 11.2. The second-order valence-electron chi connectivity index (χ2n) is 4.09. The number of non-ortho nitro benzene ring substituents is 1. The number of nitrogens with zero attached hydrogens (tertiary/aromatic N) is 4. The molecule has 0 atom stereocenters. The molecule has 7 nitrogen and oxygen atoms in total. The summed E-state index contributed by atoms with van der Waals surface area (Å²) in [7, 11) is 1.80. The van der Waals surface area contributed by atoms with Crippen LogP contribution in [0.4, 0.5) is 5.69 Å². The van der Waals surface area contributed by atoms with Crippen molar-refractivity contribution in [3.63, 3.8) is 0 Å². The average molecular weight is 369 g/mol. The number of aryl methyl sites for hydroxylation is 1. The summed E-state index contributed by atoms with van der Waals surface area (Å²) in [6, 6.07) is 3.37. The first kappa shape index (κ1) is 12.1. The van der Waals surface area contributed by atoms with Crippen LogP contribution in [-0.2, 0) is 7.05 Å². The summed E-state index contributed by atoms with van der Waals surface area (Å²) in [4.78, 5) is 10.8. The third-order valence-corrected chi connectivity index (χ3v) is 3.61. The molecule has 0 spiro atoms.